The zero-order valence-corrected chi connectivity index (χ0v) is 23.3. The molecule has 0 heterocycles. The number of ether oxygens (including phenoxy) is 1. The van der Waals surface area contributed by atoms with Crippen LogP contribution in [0.4, 0.5) is 0 Å². The third-order valence-corrected chi connectivity index (χ3v) is 8.65. The minimum absolute atomic E-state index is 0.00430. The van der Waals surface area contributed by atoms with Crippen molar-refractivity contribution in [3.8, 4) is 0 Å². The summed E-state index contributed by atoms with van der Waals surface area (Å²) in [6, 6.07) is 0. The summed E-state index contributed by atoms with van der Waals surface area (Å²) in [5.41, 5.74) is -2.80. The highest BCUT2D eigenvalue weighted by molar-refractivity contribution is 7.99. The van der Waals surface area contributed by atoms with Crippen molar-refractivity contribution in [2.45, 2.75) is 141 Å². The van der Waals surface area contributed by atoms with Crippen LogP contribution < -0.4 is 0 Å². The molecule has 6 nitrogen and oxygen atoms in total. The summed E-state index contributed by atoms with van der Waals surface area (Å²) in [4.78, 5) is 11.5. The standard InChI is InChI=1S/C25H49O6PS/c1-5-8-10-12-13-14-16-18-21-33-23(19-17-15-11-9-6-2)22(4)31-32(29)25(28,24(26)27)30-20-7-3/h22-23,28H,5-21H2,1-4H3/p+1. The molecule has 0 radical (unpaired) electrons. The maximum absolute atomic E-state index is 12.6. The van der Waals surface area contributed by atoms with Gasteiger partial charge in [-0.1, -0.05) is 97.8 Å². The second-order valence-electron chi connectivity index (χ2n) is 8.92. The lowest BCUT2D eigenvalue weighted by atomic mass is 10.1. The van der Waals surface area contributed by atoms with Gasteiger partial charge >= 0.3 is 19.5 Å². The van der Waals surface area contributed by atoms with Crippen molar-refractivity contribution >= 4 is 25.8 Å². The molecule has 0 aliphatic heterocycles. The molecule has 196 valence electrons. The quantitative estimate of drug-likeness (QED) is 0.0776. The molecule has 0 aromatic heterocycles. The molecule has 0 saturated carbocycles. The predicted octanol–water partition coefficient (Wildman–Crippen LogP) is 7.89. The van der Waals surface area contributed by atoms with E-state index in [0.29, 0.717) is 6.42 Å². The number of hydrogen-bond donors (Lipinski definition) is 2. The molecular formula is C25H50O6PS+. The molecule has 0 aromatic rings. The Hall–Kier alpha value is -0.200. The summed E-state index contributed by atoms with van der Waals surface area (Å²) >= 11 is 1.82. The van der Waals surface area contributed by atoms with E-state index in [0.717, 1.165) is 31.4 Å². The predicted molar refractivity (Wildman–Crippen MR) is 139 cm³/mol. The molecule has 0 rings (SSSR count). The van der Waals surface area contributed by atoms with Crippen LogP contribution in [0.1, 0.15) is 124 Å². The van der Waals surface area contributed by atoms with Crippen LogP contribution in [-0.4, -0.2) is 45.4 Å². The summed E-state index contributed by atoms with van der Waals surface area (Å²) in [6.45, 7) is 8.04. The SMILES string of the molecule is CCCCCCCCCCSC(CCCCCCC)C(C)O[P+](=O)C(O)(OCCC)C(=O)O. The van der Waals surface area contributed by atoms with E-state index >= 15 is 0 Å². The van der Waals surface area contributed by atoms with Crippen molar-refractivity contribution in [3.63, 3.8) is 0 Å². The normalized spacial score (nSPS) is 15.7. The van der Waals surface area contributed by atoms with Gasteiger partial charge in [0.2, 0.25) is 0 Å². The molecule has 0 saturated heterocycles. The van der Waals surface area contributed by atoms with E-state index in [-0.39, 0.29) is 11.9 Å². The molecule has 0 fully saturated rings. The molecule has 4 atom stereocenters. The highest BCUT2D eigenvalue weighted by atomic mass is 32.2. The molecule has 4 unspecified atom stereocenters. The number of thioether (sulfide) groups is 1. The van der Waals surface area contributed by atoms with Crippen molar-refractivity contribution in [1.82, 2.24) is 0 Å². The van der Waals surface area contributed by atoms with Crippen LogP contribution in [0.2, 0.25) is 0 Å². The summed E-state index contributed by atoms with van der Waals surface area (Å²) in [5, 5.41) is 19.8. The maximum Gasteiger partial charge on any atom is 0.589 e. The van der Waals surface area contributed by atoms with Gasteiger partial charge in [-0.15, -0.1) is 4.52 Å². The first-order valence-electron chi connectivity index (χ1n) is 13.2. The smallest absolute Gasteiger partial charge is 0.474 e. The molecule has 0 aliphatic rings. The lowest BCUT2D eigenvalue weighted by Gasteiger charge is -2.21. The van der Waals surface area contributed by atoms with Gasteiger partial charge in [0, 0.05) is 5.25 Å². The number of carboxylic acids is 1. The van der Waals surface area contributed by atoms with Crippen molar-refractivity contribution in [2.75, 3.05) is 12.4 Å². The van der Waals surface area contributed by atoms with E-state index in [4.69, 9.17) is 9.26 Å². The first-order valence-corrected chi connectivity index (χ1v) is 15.4. The van der Waals surface area contributed by atoms with Crippen LogP contribution in [0.15, 0.2) is 0 Å². The first-order chi connectivity index (χ1) is 15.8. The fourth-order valence-electron chi connectivity index (χ4n) is 3.60. The molecule has 0 aliphatic carbocycles. The summed E-state index contributed by atoms with van der Waals surface area (Å²) < 4.78 is 23.2. The Balaban J connectivity index is 4.68. The minimum atomic E-state index is -2.93. The van der Waals surface area contributed by atoms with Crippen LogP contribution in [0.25, 0.3) is 0 Å². The molecular weight excluding hydrogens is 459 g/mol. The summed E-state index contributed by atoms with van der Waals surface area (Å²) in [7, 11) is -2.93. The number of aliphatic hydroxyl groups is 1. The van der Waals surface area contributed by atoms with E-state index in [1.807, 2.05) is 18.7 Å². The Morgan fingerprint density at radius 2 is 1.39 bits per heavy atom. The van der Waals surface area contributed by atoms with Gasteiger partial charge in [-0.05, 0) is 36.5 Å². The number of hydrogen-bond acceptors (Lipinski definition) is 6. The third kappa shape index (κ3) is 15.4. The van der Waals surface area contributed by atoms with E-state index in [1.165, 1.54) is 64.2 Å². The van der Waals surface area contributed by atoms with Gasteiger partial charge in [-0.3, -0.25) is 4.74 Å². The Labute approximate surface area is 207 Å². The summed E-state index contributed by atoms with van der Waals surface area (Å²) in [5.74, 6) is -0.666. The number of rotatable bonds is 24. The summed E-state index contributed by atoms with van der Waals surface area (Å²) in [6.07, 6.45) is 17.0. The second-order valence-corrected chi connectivity index (χ2v) is 11.6. The molecule has 0 spiro atoms. The minimum Gasteiger partial charge on any atom is -0.474 e. The van der Waals surface area contributed by atoms with E-state index < -0.39 is 25.6 Å². The lowest BCUT2D eigenvalue weighted by Crippen LogP contribution is -2.39. The zero-order chi connectivity index (χ0) is 25.0. The van der Waals surface area contributed by atoms with Crippen molar-refractivity contribution in [2.24, 2.45) is 0 Å². The van der Waals surface area contributed by atoms with E-state index in [9.17, 15) is 19.6 Å². The first kappa shape index (κ1) is 32.8. The molecule has 2 N–H and O–H groups in total. The Bertz CT molecular complexity index is 507. The Morgan fingerprint density at radius 3 is 1.91 bits per heavy atom. The van der Waals surface area contributed by atoms with Gasteiger partial charge in [0.1, 0.15) is 6.10 Å². The van der Waals surface area contributed by atoms with Crippen molar-refractivity contribution < 1.29 is 28.8 Å². The van der Waals surface area contributed by atoms with Crippen LogP contribution in [0.3, 0.4) is 0 Å². The molecule has 8 heteroatoms. The Kier molecular flexibility index (Phi) is 21.0. The number of aliphatic carboxylic acids is 1. The highest BCUT2D eigenvalue weighted by Gasteiger charge is 2.61. The van der Waals surface area contributed by atoms with E-state index in [2.05, 4.69) is 13.8 Å². The lowest BCUT2D eigenvalue weighted by molar-refractivity contribution is -0.192. The average Bonchev–Trinajstić information content (AvgIpc) is 2.79. The number of carbonyl (C=O) groups is 1. The van der Waals surface area contributed by atoms with Gasteiger partial charge < -0.3 is 10.2 Å². The Morgan fingerprint density at radius 1 is 0.879 bits per heavy atom. The second kappa shape index (κ2) is 21.1. The monoisotopic (exact) mass is 509 g/mol. The molecule has 33 heavy (non-hydrogen) atoms. The van der Waals surface area contributed by atoms with Gasteiger partial charge in [-0.25, -0.2) is 4.79 Å². The largest absolute Gasteiger partial charge is 0.589 e. The van der Waals surface area contributed by atoms with Gasteiger partial charge in [-0.2, -0.15) is 11.8 Å². The molecule has 0 aromatic carbocycles. The van der Waals surface area contributed by atoms with Crippen LogP contribution in [-0.2, 0) is 18.6 Å². The van der Waals surface area contributed by atoms with Gasteiger partial charge in [0.25, 0.3) is 0 Å². The maximum atomic E-state index is 12.6. The van der Waals surface area contributed by atoms with Crippen LogP contribution in [0, 0.1) is 0 Å². The fourth-order valence-corrected chi connectivity index (χ4v) is 5.96. The fraction of sp³-hybridized carbons (Fsp3) is 0.960. The zero-order valence-electron chi connectivity index (χ0n) is 21.6. The van der Waals surface area contributed by atoms with Crippen molar-refractivity contribution in [1.29, 1.82) is 0 Å². The van der Waals surface area contributed by atoms with E-state index in [1.54, 1.807) is 6.92 Å². The van der Waals surface area contributed by atoms with Crippen molar-refractivity contribution in [3.05, 3.63) is 0 Å². The highest BCUT2D eigenvalue weighted by Crippen LogP contribution is 2.42. The molecule has 0 amide bonds. The van der Waals surface area contributed by atoms with Crippen LogP contribution in [0.5, 0.6) is 0 Å². The van der Waals surface area contributed by atoms with Gasteiger partial charge in [0.15, 0.2) is 0 Å². The van der Waals surface area contributed by atoms with Crippen LogP contribution >= 0.6 is 19.8 Å². The number of carboxylic acid groups (broad SMARTS) is 1. The topological polar surface area (TPSA) is 93.1 Å². The third-order valence-electron chi connectivity index (χ3n) is 5.74. The molecule has 0 bridgehead atoms. The van der Waals surface area contributed by atoms with Gasteiger partial charge in [0.05, 0.1) is 6.61 Å². The number of unbranched alkanes of at least 4 members (excludes halogenated alkanes) is 11. The average molecular weight is 510 g/mol.